The van der Waals surface area contributed by atoms with Crippen molar-refractivity contribution in [3.8, 4) is 11.5 Å². The number of nitrogens with one attached hydrogen (secondary N) is 1. The van der Waals surface area contributed by atoms with Crippen LogP contribution in [0.5, 0.6) is 11.5 Å². The molecule has 5 nitrogen and oxygen atoms in total. The molecule has 0 aliphatic carbocycles. The van der Waals surface area contributed by atoms with Crippen LogP contribution in [-0.2, 0) is 9.59 Å². The molecule has 1 N–H and O–H groups in total. The lowest BCUT2D eigenvalue weighted by Gasteiger charge is -2.20. The standard InChI is InChI=1S/C29H26N2O3/c1-19-6-5-9-27(20(19)2)31-18-23(17-28(31)32)29(33)30-24-11-14-25(15-12-24)34-26-13-10-21-7-3-4-8-22(21)16-26/h3-16,23H,17-18H2,1-2H3,(H,30,33)/t23-/m0/s1. The number of rotatable bonds is 5. The van der Waals surface area contributed by atoms with E-state index in [4.69, 9.17) is 4.74 Å². The van der Waals surface area contributed by atoms with Gasteiger partial charge in [0.15, 0.2) is 0 Å². The molecule has 0 saturated carbocycles. The number of benzene rings is 4. The van der Waals surface area contributed by atoms with Gasteiger partial charge in [-0.3, -0.25) is 9.59 Å². The van der Waals surface area contributed by atoms with Crippen LogP contribution in [0.1, 0.15) is 17.5 Å². The maximum atomic E-state index is 12.9. The normalized spacial score (nSPS) is 15.5. The van der Waals surface area contributed by atoms with Crippen LogP contribution < -0.4 is 15.0 Å². The number of anilines is 2. The topological polar surface area (TPSA) is 58.6 Å². The van der Waals surface area contributed by atoms with E-state index < -0.39 is 0 Å². The third-order valence-corrected chi connectivity index (χ3v) is 6.44. The third-order valence-electron chi connectivity index (χ3n) is 6.44. The highest BCUT2D eigenvalue weighted by molar-refractivity contribution is 6.04. The summed E-state index contributed by atoms with van der Waals surface area (Å²) in [6.07, 6.45) is 0.211. The minimum atomic E-state index is -0.388. The Kier molecular flexibility index (Phi) is 5.76. The SMILES string of the molecule is Cc1cccc(N2C[C@@H](C(=O)Nc3ccc(Oc4ccc5ccccc5c4)cc3)CC2=O)c1C. The largest absolute Gasteiger partial charge is 0.457 e. The lowest BCUT2D eigenvalue weighted by atomic mass is 10.1. The number of carbonyl (C=O) groups excluding carboxylic acids is 2. The van der Waals surface area contributed by atoms with Crippen molar-refractivity contribution < 1.29 is 14.3 Å². The monoisotopic (exact) mass is 450 g/mol. The zero-order valence-corrected chi connectivity index (χ0v) is 19.2. The number of ether oxygens (including phenoxy) is 1. The zero-order valence-electron chi connectivity index (χ0n) is 19.2. The Morgan fingerprint density at radius 3 is 2.41 bits per heavy atom. The number of fused-ring (bicyclic) bond motifs is 1. The van der Waals surface area contributed by atoms with E-state index in [-0.39, 0.29) is 24.2 Å². The summed E-state index contributed by atoms with van der Waals surface area (Å²) >= 11 is 0. The Hall–Kier alpha value is -4.12. The first-order valence-electron chi connectivity index (χ1n) is 11.4. The summed E-state index contributed by atoms with van der Waals surface area (Å²) in [4.78, 5) is 27.2. The average Bonchev–Trinajstić information content (AvgIpc) is 3.23. The minimum Gasteiger partial charge on any atom is -0.457 e. The van der Waals surface area contributed by atoms with Gasteiger partial charge < -0.3 is 15.0 Å². The summed E-state index contributed by atoms with van der Waals surface area (Å²) in [7, 11) is 0. The zero-order chi connectivity index (χ0) is 23.7. The molecule has 0 radical (unpaired) electrons. The molecule has 1 aliphatic rings. The van der Waals surface area contributed by atoms with E-state index in [9.17, 15) is 9.59 Å². The highest BCUT2D eigenvalue weighted by atomic mass is 16.5. The maximum absolute atomic E-state index is 12.9. The van der Waals surface area contributed by atoms with Crippen molar-refractivity contribution in [3.63, 3.8) is 0 Å². The molecular weight excluding hydrogens is 424 g/mol. The van der Waals surface area contributed by atoms with Crippen LogP contribution in [0, 0.1) is 19.8 Å². The van der Waals surface area contributed by atoms with Gasteiger partial charge in [0.2, 0.25) is 11.8 Å². The maximum Gasteiger partial charge on any atom is 0.229 e. The van der Waals surface area contributed by atoms with E-state index >= 15 is 0 Å². The van der Waals surface area contributed by atoms with E-state index in [1.165, 1.54) is 0 Å². The first-order chi connectivity index (χ1) is 16.5. The molecule has 2 amide bonds. The van der Waals surface area contributed by atoms with E-state index in [1.54, 1.807) is 4.90 Å². The van der Waals surface area contributed by atoms with Crippen LogP contribution in [0.25, 0.3) is 10.8 Å². The van der Waals surface area contributed by atoms with Gasteiger partial charge in [0, 0.05) is 24.3 Å². The fraction of sp³-hybridized carbons (Fsp3) is 0.172. The predicted octanol–water partition coefficient (Wildman–Crippen LogP) is 6.24. The fourth-order valence-electron chi connectivity index (χ4n) is 4.36. The van der Waals surface area contributed by atoms with Crippen LogP contribution in [0.3, 0.4) is 0 Å². The van der Waals surface area contributed by atoms with Crippen molar-refractivity contribution in [3.05, 3.63) is 96.1 Å². The molecule has 1 atom stereocenters. The summed E-state index contributed by atoms with van der Waals surface area (Å²) in [6.45, 7) is 4.42. The summed E-state index contributed by atoms with van der Waals surface area (Å²) in [5.41, 5.74) is 3.76. The molecule has 4 aromatic rings. The number of hydrogen-bond acceptors (Lipinski definition) is 3. The van der Waals surface area contributed by atoms with E-state index in [2.05, 4.69) is 17.4 Å². The van der Waals surface area contributed by atoms with Crippen molar-refractivity contribution in [2.45, 2.75) is 20.3 Å². The van der Waals surface area contributed by atoms with Gasteiger partial charge in [0.1, 0.15) is 11.5 Å². The summed E-state index contributed by atoms with van der Waals surface area (Å²) in [6, 6.07) is 27.3. The number of aryl methyl sites for hydroxylation is 1. The second-order valence-corrected chi connectivity index (χ2v) is 8.75. The Balaban J connectivity index is 1.23. The first-order valence-corrected chi connectivity index (χ1v) is 11.4. The van der Waals surface area contributed by atoms with Crippen LogP contribution >= 0.6 is 0 Å². The lowest BCUT2D eigenvalue weighted by Crippen LogP contribution is -2.28. The molecular formula is C29H26N2O3. The summed E-state index contributed by atoms with van der Waals surface area (Å²) in [5.74, 6) is 0.884. The second kappa shape index (κ2) is 9.02. The van der Waals surface area contributed by atoms with Crippen molar-refractivity contribution in [1.82, 2.24) is 0 Å². The number of amides is 2. The van der Waals surface area contributed by atoms with Gasteiger partial charge in [-0.1, -0.05) is 42.5 Å². The Morgan fingerprint density at radius 2 is 1.62 bits per heavy atom. The Bertz CT molecular complexity index is 1380. The van der Waals surface area contributed by atoms with Crippen molar-refractivity contribution >= 4 is 34.0 Å². The van der Waals surface area contributed by atoms with Crippen LogP contribution in [0.15, 0.2) is 84.9 Å². The number of carbonyl (C=O) groups is 2. The van der Waals surface area contributed by atoms with Crippen molar-refractivity contribution in [1.29, 1.82) is 0 Å². The minimum absolute atomic E-state index is 0.0204. The molecule has 4 aromatic carbocycles. The molecule has 0 spiro atoms. The second-order valence-electron chi connectivity index (χ2n) is 8.75. The first kappa shape index (κ1) is 21.7. The quantitative estimate of drug-likeness (QED) is 0.391. The molecule has 5 heteroatoms. The highest BCUT2D eigenvalue weighted by Crippen LogP contribution is 2.31. The molecule has 1 heterocycles. The fourth-order valence-corrected chi connectivity index (χ4v) is 4.36. The van der Waals surface area contributed by atoms with Crippen LogP contribution in [0.2, 0.25) is 0 Å². The molecule has 0 aromatic heterocycles. The number of nitrogens with zero attached hydrogens (tertiary/aromatic N) is 1. The van der Waals surface area contributed by atoms with Gasteiger partial charge >= 0.3 is 0 Å². The van der Waals surface area contributed by atoms with Gasteiger partial charge in [0.25, 0.3) is 0 Å². The van der Waals surface area contributed by atoms with Crippen molar-refractivity contribution in [2.24, 2.45) is 5.92 Å². The van der Waals surface area contributed by atoms with Gasteiger partial charge in [0.05, 0.1) is 5.92 Å². The van der Waals surface area contributed by atoms with Gasteiger partial charge in [-0.15, -0.1) is 0 Å². The Morgan fingerprint density at radius 1 is 0.882 bits per heavy atom. The Labute approximate surface area is 199 Å². The molecule has 170 valence electrons. The molecule has 1 saturated heterocycles. The van der Waals surface area contributed by atoms with Crippen LogP contribution in [0.4, 0.5) is 11.4 Å². The van der Waals surface area contributed by atoms with Gasteiger partial charge in [-0.25, -0.2) is 0 Å². The smallest absolute Gasteiger partial charge is 0.229 e. The highest BCUT2D eigenvalue weighted by Gasteiger charge is 2.35. The average molecular weight is 451 g/mol. The summed E-state index contributed by atoms with van der Waals surface area (Å²) in [5, 5.41) is 5.22. The molecule has 0 bridgehead atoms. The van der Waals surface area contributed by atoms with Gasteiger partial charge in [-0.05, 0) is 78.2 Å². The molecule has 5 rings (SSSR count). The molecule has 1 fully saturated rings. The van der Waals surface area contributed by atoms with Crippen molar-refractivity contribution in [2.75, 3.05) is 16.8 Å². The van der Waals surface area contributed by atoms with E-state index in [0.717, 1.165) is 33.3 Å². The predicted molar refractivity (Wildman–Crippen MR) is 135 cm³/mol. The number of hydrogen-bond donors (Lipinski definition) is 1. The lowest BCUT2D eigenvalue weighted by molar-refractivity contribution is -0.122. The summed E-state index contributed by atoms with van der Waals surface area (Å²) < 4.78 is 5.98. The third kappa shape index (κ3) is 4.37. The van der Waals surface area contributed by atoms with Gasteiger partial charge in [-0.2, -0.15) is 0 Å². The molecule has 1 aliphatic heterocycles. The van der Waals surface area contributed by atoms with E-state index in [0.29, 0.717) is 18.0 Å². The van der Waals surface area contributed by atoms with E-state index in [1.807, 2.05) is 86.6 Å². The molecule has 0 unspecified atom stereocenters. The van der Waals surface area contributed by atoms with Crippen LogP contribution in [-0.4, -0.2) is 18.4 Å². The molecule has 34 heavy (non-hydrogen) atoms.